The number of nitrogens with one attached hydrogen (secondary N) is 1. The number of rotatable bonds is 3. The molecule has 2 atom stereocenters. The van der Waals surface area contributed by atoms with Crippen LogP contribution in [0.15, 0.2) is 12.1 Å². The van der Waals surface area contributed by atoms with Gasteiger partial charge in [-0.3, -0.25) is 9.69 Å². The average molecular weight is 625 g/mol. The predicted molar refractivity (Wildman–Crippen MR) is 111 cm³/mol. The maximum absolute atomic E-state index is 12.3. The maximum atomic E-state index is 12.3. The molecule has 2 rings (SSSR count). The van der Waals surface area contributed by atoms with E-state index in [1.807, 2.05) is 0 Å². The Hall–Kier alpha value is 0.800. The first-order chi connectivity index (χ1) is 9.86. The van der Waals surface area contributed by atoms with Crippen molar-refractivity contribution in [3.8, 4) is 0 Å². The molecule has 1 aliphatic rings. The van der Waals surface area contributed by atoms with Gasteiger partial charge in [-0.1, -0.05) is 0 Å². The molecule has 21 heavy (non-hydrogen) atoms. The van der Waals surface area contributed by atoms with Crippen molar-refractivity contribution in [3.05, 3.63) is 22.8 Å². The largest absolute Gasteiger partial charge is 0.328 e. The highest BCUT2D eigenvalue weighted by Crippen LogP contribution is 2.27. The Morgan fingerprint density at radius 3 is 2.57 bits per heavy atom. The van der Waals surface area contributed by atoms with Crippen LogP contribution in [0.2, 0.25) is 0 Å². The van der Waals surface area contributed by atoms with Gasteiger partial charge in [0.25, 0.3) is 0 Å². The van der Waals surface area contributed by atoms with E-state index in [1.54, 1.807) is 0 Å². The van der Waals surface area contributed by atoms with E-state index in [2.05, 4.69) is 97.0 Å². The topological polar surface area (TPSA) is 58.4 Å². The number of nitrogens with zero attached hydrogens (tertiary/aromatic N) is 1. The van der Waals surface area contributed by atoms with Crippen LogP contribution in [0.25, 0.3) is 0 Å². The number of amides is 1. The maximum Gasteiger partial charge on any atom is 0.238 e. The van der Waals surface area contributed by atoms with Crippen molar-refractivity contribution in [3.63, 3.8) is 0 Å². The van der Waals surface area contributed by atoms with E-state index in [4.69, 9.17) is 5.73 Å². The minimum absolute atomic E-state index is 0.0503. The minimum Gasteiger partial charge on any atom is -0.328 e. The van der Waals surface area contributed by atoms with Crippen LogP contribution in [0.5, 0.6) is 0 Å². The van der Waals surface area contributed by atoms with Crippen LogP contribution in [-0.4, -0.2) is 36.0 Å². The van der Waals surface area contributed by atoms with E-state index < -0.39 is 0 Å². The van der Waals surface area contributed by atoms with Crippen molar-refractivity contribution in [2.75, 3.05) is 18.4 Å². The van der Waals surface area contributed by atoms with E-state index >= 15 is 0 Å². The molecule has 1 aromatic rings. The van der Waals surface area contributed by atoms with Crippen molar-refractivity contribution < 1.29 is 4.79 Å². The molecule has 3 N–H and O–H groups in total. The molecular weight excluding hydrogens is 607 g/mol. The Morgan fingerprint density at radius 1 is 1.38 bits per heavy atom. The summed E-state index contributed by atoms with van der Waals surface area (Å²) in [7, 11) is 0. The van der Waals surface area contributed by atoms with E-state index in [0.29, 0.717) is 12.6 Å². The lowest BCUT2D eigenvalue weighted by atomic mass is 9.99. The molecule has 1 fully saturated rings. The van der Waals surface area contributed by atoms with Gasteiger partial charge < -0.3 is 11.1 Å². The third-order valence-electron chi connectivity index (χ3n) is 3.67. The van der Waals surface area contributed by atoms with Gasteiger partial charge in [0, 0.05) is 29.3 Å². The molecule has 116 valence electrons. The first kappa shape index (κ1) is 18.1. The number of likely N-dealkylation sites (tertiary alicyclic amines) is 1. The fourth-order valence-corrected chi connectivity index (χ4v) is 6.37. The lowest BCUT2D eigenvalue weighted by Gasteiger charge is -2.35. The summed E-state index contributed by atoms with van der Waals surface area (Å²) in [6, 6.07) is 4.79. The average Bonchev–Trinajstić information content (AvgIpc) is 2.37. The highest BCUT2D eigenvalue weighted by molar-refractivity contribution is 14.1. The molecule has 2 unspecified atom stereocenters. The molecule has 1 saturated heterocycles. The normalized spacial score (nSPS) is 23.1. The van der Waals surface area contributed by atoms with Crippen molar-refractivity contribution in [1.29, 1.82) is 0 Å². The fourth-order valence-electron chi connectivity index (χ4n) is 2.52. The molecule has 0 spiro atoms. The van der Waals surface area contributed by atoms with Gasteiger partial charge in [0.2, 0.25) is 5.91 Å². The van der Waals surface area contributed by atoms with Crippen LogP contribution < -0.4 is 11.1 Å². The van der Waals surface area contributed by atoms with Crippen LogP contribution >= 0.6 is 67.8 Å². The van der Waals surface area contributed by atoms with Crippen LogP contribution in [0, 0.1) is 10.7 Å². The van der Waals surface area contributed by atoms with Crippen molar-refractivity contribution in [2.24, 2.45) is 5.73 Å². The summed E-state index contributed by atoms with van der Waals surface area (Å²) < 4.78 is 3.33. The predicted octanol–water partition coefficient (Wildman–Crippen LogP) is 3.25. The summed E-state index contributed by atoms with van der Waals surface area (Å²) in [4.78, 5) is 14.5. The number of hydrogen-bond donors (Lipinski definition) is 2. The Balaban J connectivity index is 1.99. The number of carbonyl (C=O) groups excluding carboxylic acids is 1. The summed E-state index contributed by atoms with van der Waals surface area (Å²) in [6.45, 7) is 3.48. The van der Waals surface area contributed by atoms with Crippen molar-refractivity contribution in [2.45, 2.75) is 31.8 Å². The number of halogens is 3. The van der Waals surface area contributed by atoms with E-state index in [0.717, 1.165) is 32.2 Å². The summed E-state index contributed by atoms with van der Waals surface area (Å²) in [6.07, 6.45) is 1.93. The van der Waals surface area contributed by atoms with Gasteiger partial charge in [0.1, 0.15) is 0 Å². The van der Waals surface area contributed by atoms with Crippen LogP contribution in [0.3, 0.4) is 0 Å². The van der Waals surface area contributed by atoms with E-state index in [-0.39, 0.29) is 11.9 Å². The molecule has 1 heterocycles. The standard InChI is InChI=1S/C14H18I3N3O/c1-8-4-10(18)2-3-20(8)7-13(21)19-14-11(16)5-9(15)6-12(14)17/h5-6,8,10H,2-4,7,18H2,1H3,(H,19,21). The molecule has 0 saturated carbocycles. The molecule has 1 amide bonds. The van der Waals surface area contributed by atoms with Gasteiger partial charge in [-0.15, -0.1) is 0 Å². The molecule has 1 aliphatic heterocycles. The molecule has 7 heteroatoms. The monoisotopic (exact) mass is 625 g/mol. The first-order valence-electron chi connectivity index (χ1n) is 6.81. The molecule has 1 aromatic carbocycles. The number of nitrogens with two attached hydrogens (primary N) is 1. The Morgan fingerprint density at radius 2 is 2.00 bits per heavy atom. The van der Waals surface area contributed by atoms with Crippen molar-refractivity contribution in [1.82, 2.24) is 4.90 Å². The van der Waals surface area contributed by atoms with Gasteiger partial charge in [0.15, 0.2) is 0 Å². The molecule has 0 aliphatic carbocycles. The third kappa shape index (κ3) is 5.15. The van der Waals surface area contributed by atoms with Gasteiger partial charge in [-0.25, -0.2) is 0 Å². The molecule has 0 radical (unpaired) electrons. The van der Waals surface area contributed by atoms with Gasteiger partial charge in [-0.2, -0.15) is 0 Å². The smallest absolute Gasteiger partial charge is 0.238 e. The number of benzene rings is 1. The van der Waals surface area contributed by atoms with E-state index in [1.165, 1.54) is 3.57 Å². The zero-order valence-corrected chi connectivity index (χ0v) is 18.2. The van der Waals surface area contributed by atoms with E-state index in [9.17, 15) is 4.79 Å². The molecule has 0 bridgehead atoms. The SMILES string of the molecule is CC1CC(N)CCN1CC(=O)Nc1c(I)cc(I)cc1I. The third-order valence-corrected chi connectivity index (χ3v) is 6.00. The molecule has 0 aromatic heterocycles. The molecule has 4 nitrogen and oxygen atoms in total. The lowest BCUT2D eigenvalue weighted by Crippen LogP contribution is -2.48. The number of piperidine rings is 1. The quantitative estimate of drug-likeness (QED) is 0.508. The summed E-state index contributed by atoms with van der Waals surface area (Å²) >= 11 is 6.82. The Kier molecular flexibility index (Phi) is 6.97. The second-order valence-corrected chi connectivity index (χ2v) is 8.97. The highest BCUT2D eigenvalue weighted by atomic mass is 127. The second-order valence-electron chi connectivity index (χ2n) is 5.40. The number of hydrogen-bond acceptors (Lipinski definition) is 3. The summed E-state index contributed by atoms with van der Waals surface area (Å²) in [5.41, 5.74) is 6.89. The zero-order valence-electron chi connectivity index (χ0n) is 11.7. The number of carbonyl (C=O) groups is 1. The van der Waals surface area contributed by atoms with Gasteiger partial charge in [-0.05, 0) is 99.7 Å². The summed E-state index contributed by atoms with van der Waals surface area (Å²) in [5.74, 6) is 0.0503. The van der Waals surface area contributed by atoms with Crippen LogP contribution in [-0.2, 0) is 4.79 Å². The minimum atomic E-state index is 0.0503. The van der Waals surface area contributed by atoms with Crippen molar-refractivity contribution >= 4 is 79.4 Å². The van der Waals surface area contributed by atoms with Gasteiger partial charge >= 0.3 is 0 Å². The Labute approximate surface area is 166 Å². The number of anilines is 1. The fraction of sp³-hybridized carbons (Fsp3) is 0.500. The first-order valence-corrected chi connectivity index (χ1v) is 10.0. The lowest BCUT2D eigenvalue weighted by molar-refractivity contribution is -0.118. The zero-order chi connectivity index (χ0) is 15.6. The molecular formula is C14H18I3N3O. The van der Waals surface area contributed by atoms with Crippen LogP contribution in [0.4, 0.5) is 5.69 Å². The van der Waals surface area contributed by atoms with Crippen LogP contribution in [0.1, 0.15) is 19.8 Å². The van der Waals surface area contributed by atoms with Gasteiger partial charge in [0.05, 0.1) is 12.2 Å². The summed E-state index contributed by atoms with van der Waals surface area (Å²) in [5, 5.41) is 3.05. The Bertz CT molecular complexity index is 515. The second kappa shape index (κ2) is 8.06. The highest BCUT2D eigenvalue weighted by Gasteiger charge is 2.25.